The molecule has 0 amide bonds. The summed E-state index contributed by atoms with van der Waals surface area (Å²) in [6.07, 6.45) is 0. The SMILES string of the molecule is CCSCc1cc2ccc(OC)cc2nc1NC. The van der Waals surface area contributed by atoms with E-state index in [0.29, 0.717) is 0 Å². The van der Waals surface area contributed by atoms with Gasteiger partial charge in [0.25, 0.3) is 0 Å². The molecule has 0 spiro atoms. The minimum atomic E-state index is 0.840. The predicted molar refractivity (Wildman–Crippen MR) is 79.7 cm³/mol. The van der Waals surface area contributed by atoms with Gasteiger partial charge in [-0.3, -0.25) is 0 Å². The van der Waals surface area contributed by atoms with Gasteiger partial charge in [-0.25, -0.2) is 4.98 Å². The second kappa shape index (κ2) is 5.96. The summed E-state index contributed by atoms with van der Waals surface area (Å²) in [4.78, 5) is 4.65. The smallest absolute Gasteiger partial charge is 0.130 e. The van der Waals surface area contributed by atoms with Crippen molar-refractivity contribution >= 4 is 28.5 Å². The highest BCUT2D eigenvalue weighted by Gasteiger charge is 2.06. The molecule has 18 heavy (non-hydrogen) atoms. The molecule has 0 unspecified atom stereocenters. The lowest BCUT2D eigenvalue weighted by atomic mass is 10.1. The quantitative estimate of drug-likeness (QED) is 0.893. The molecule has 0 aliphatic heterocycles. The zero-order valence-corrected chi connectivity index (χ0v) is 11.8. The van der Waals surface area contributed by atoms with E-state index in [0.717, 1.165) is 34.0 Å². The summed E-state index contributed by atoms with van der Waals surface area (Å²) >= 11 is 1.90. The van der Waals surface area contributed by atoms with Crippen molar-refractivity contribution in [2.75, 3.05) is 25.2 Å². The molecule has 3 nitrogen and oxygen atoms in total. The van der Waals surface area contributed by atoms with Gasteiger partial charge in [0, 0.05) is 29.8 Å². The van der Waals surface area contributed by atoms with Gasteiger partial charge in [-0.15, -0.1) is 0 Å². The number of aromatic nitrogens is 1. The maximum atomic E-state index is 5.23. The van der Waals surface area contributed by atoms with E-state index in [9.17, 15) is 0 Å². The lowest BCUT2D eigenvalue weighted by Gasteiger charge is -2.10. The first-order valence-corrected chi connectivity index (χ1v) is 7.17. The Balaban J connectivity index is 2.46. The minimum Gasteiger partial charge on any atom is -0.497 e. The average molecular weight is 262 g/mol. The van der Waals surface area contributed by atoms with E-state index >= 15 is 0 Å². The fraction of sp³-hybridized carbons (Fsp3) is 0.357. The molecular formula is C14H18N2OS. The third kappa shape index (κ3) is 2.70. The van der Waals surface area contributed by atoms with E-state index in [1.807, 2.05) is 30.9 Å². The Morgan fingerprint density at radius 3 is 2.83 bits per heavy atom. The van der Waals surface area contributed by atoms with Gasteiger partial charge in [-0.05, 0) is 24.0 Å². The monoisotopic (exact) mass is 262 g/mol. The fourth-order valence-electron chi connectivity index (χ4n) is 1.86. The Morgan fingerprint density at radius 2 is 2.17 bits per heavy atom. The van der Waals surface area contributed by atoms with Crippen LogP contribution >= 0.6 is 11.8 Å². The van der Waals surface area contributed by atoms with Crippen molar-refractivity contribution in [1.82, 2.24) is 4.98 Å². The third-order valence-corrected chi connectivity index (χ3v) is 3.73. The third-order valence-electron chi connectivity index (χ3n) is 2.80. The molecule has 0 fully saturated rings. The van der Waals surface area contributed by atoms with Crippen molar-refractivity contribution in [2.24, 2.45) is 0 Å². The molecule has 0 aliphatic carbocycles. The first-order chi connectivity index (χ1) is 8.78. The van der Waals surface area contributed by atoms with Crippen LogP contribution in [0.1, 0.15) is 12.5 Å². The van der Waals surface area contributed by atoms with Gasteiger partial charge in [-0.1, -0.05) is 6.92 Å². The summed E-state index contributed by atoms with van der Waals surface area (Å²) in [5.41, 5.74) is 2.21. The number of nitrogens with zero attached hydrogens (tertiary/aromatic N) is 1. The molecule has 0 saturated carbocycles. The number of pyridine rings is 1. The Bertz CT molecular complexity index is 543. The second-order valence-corrected chi connectivity index (χ2v) is 5.22. The van der Waals surface area contributed by atoms with E-state index in [1.165, 1.54) is 5.56 Å². The minimum absolute atomic E-state index is 0.840. The maximum absolute atomic E-state index is 5.23. The van der Waals surface area contributed by atoms with Gasteiger partial charge in [-0.2, -0.15) is 11.8 Å². The Kier molecular flexibility index (Phi) is 4.31. The van der Waals surface area contributed by atoms with E-state index in [2.05, 4.69) is 29.4 Å². The van der Waals surface area contributed by atoms with Crippen LogP contribution in [0, 0.1) is 0 Å². The maximum Gasteiger partial charge on any atom is 0.130 e. The topological polar surface area (TPSA) is 34.1 Å². The molecule has 0 radical (unpaired) electrons. The van der Waals surface area contributed by atoms with Gasteiger partial charge in [0.1, 0.15) is 11.6 Å². The highest BCUT2D eigenvalue weighted by atomic mass is 32.2. The molecule has 2 rings (SSSR count). The average Bonchev–Trinajstić information content (AvgIpc) is 2.43. The molecule has 1 aromatic heterocycles. The Labute approximate surface area is 112 Å². The molecule has 1 heterocycles. The summed E-state index contributed by atoms with van der Waals surface area (Å²) in [5.74, 6) is 3.90. The largest absolute Gasteiger partial charge is 0.497 e. The normalized spacial score (nSPS) is 10.6. The number of methoxy groups -OCH3 is 1. The van der Waals surface area contributed by atoms with Crippen molar-refractivity contribution < 1.29 is 4.74 Å². The summed E-state index contributed by atoms with van der Waals surface area (Å²) in [7, 11) is 3.58. The van der Waals surface area contributed by atoms with Gasteiger partial charge < -0.3 is 10.1 Å². The first-order valence-electron chi connectivity index (χ1n) is 6.01. The van der Waals surface area contributed by atoms with Crippen LogP contribution in [-0.2, 0) is 5.75 Å². The summed E-state index contributed by atoms with van der Waals surface area (Å²) < 4.78 is 5.23. The molecule has 96 valence electrons. The van der Waals surface area contributed by atoms with Crippen molar-refractivity contribution in [3.05, 3.63) is 29.8 Å². The summed E-state index contributed by atoms with van der Waals surface area (Å²) in [6.45, 7) is 2.17. The van der Waals surface area contributed by atoms with Gasteiger partial charge >= 0.3 is 0 Å². The van der Waals surface area contributed by atoms with E-state index in [4.69, 9.17) is 4.74 Å². The van der Waals surface area contributed by atoms with Crippen LogP contribution < -0.4 is 10.1 Å². The number of hydrogen-bond donors (Lipinski definition) is 1. The molecule has 0 atom stereocenters. The number of rotatable bonds is 5. The fourth-order valence-corrected chi connectivity index (χ4v) is 2.50. The van der Waals surface area contributed by atoms with Crippen LogP contribution in [-0.4, -0.2) is 24.9 Å². The molecule has 4 heteroatoms. The van der Waals surface area contributed by atoms with Crippen LogP contribution in [0.15, 0.2) is 24.3 Å². The molecule has 0 bridgehead atoms. The van der Waals surface area contributed by atoms with E-state index < -0.39 is 0 Å². The molecule has 0 aliphatic rings. The summed E-state index contributed by atoms with van der Waals surface area (Å²) in [6, 6.07) is 8.20. The standard InChI is InChI=1S/C14H18N2OS/c1-4-18-9-11-7-10-5-6-12(17-3)8-13(10)16-14(11)15-2/h5-8H,4,9H2,1-3H3,(H,15,16). The highest BCUT2D eigenvalue weighted by molar-refractivity contribution is 7.98. The lowest BCUT2D eigenvalue weighted by Crippen LogP contribution is -1.98. The van der Waals surface area contributed by atoms with Crippen LogP contribution in [0.5, 0.6) is 5.75 Å². The zero-order valence-electron chi connectivity index (χ0n) is 11.0. The first kappa shape index (κ1) is 13.0. The Hall–Kier alpha value is -1.42. The van der Waals surface area contributed by atoms with E-state index in [-0.39, 0.29) is 0 Å². The van der Waals surface area contributed by atoms with Gasteiger partial charge in [0.05, 0.1) is 12.6 Å². The van der Waals surface area contributed by atoms with Crippen molar-refractivity contribution in [3.63, 3.8) is 0 Å². The molecule has 2 aromatic rings. The molecular weight excluding hydrogens is 244 g/mol. The molecule has 1 N–H and O–H groups in total. The van der Waals surface area contributed by atoms with Gasteiger partial charge in [0.2, 0.25) is 0 Å². The highest BCUT2D eigenvalue weighted by Crippen LogP contribution is 2.26. The number of nitrogens with one attached hydrogen (secondary N) is 1. The molecule has 1 aromatic carbocycles. The van der Waals surface area contributed by atoms with Crippen molar-refractivity contribution in [3.8, 4) is 5.75 Å². The lowest BCUT2D eigenvalue weighted by molar-refractivity contribution is 0.415. The zero-order chi connectivity index (χ0) is 13.0. The summed E-state index contributed by atoms with van der Waals surface area (Å²) in [5, 5.41) is 4.32. The van der Waals surface area contributed by atoms with Crippen LogP contribution in [0.3, 0.4) is 0 Å². The van der Waals surface area contributed by atoms with Crippen LogP contribution in [0.4, 0.5) is 5.82 Å². The van der Waals surface area contributed by atoms with Crippen molar-refractivity contribution in [2.45, 2.75) is 12.7 Å². The van der Waals surface area contributed by atoms with E-state index in [1.54, 1.807) is 7.11 Å². The number of ether oxygens (including phenoxy) is 1. The number of thioether (sulfide) groups is 1. The Morgan fingerprint density at radius 1 is 1.33 bits per heavy atom. The predicted octanol–water partition coefficient (Wildman–Crippen LogP) is 3.54. The number of anilines is 1. The molecule has 0 saturated heterocycles. The number of hydrogen-bond acceptors (Lipinski definition) is 4. The van der Waals surface area contributed by atoms with Crippen LogP contribution in [0.25, 0.3) is 10.9 Å². The van der Waals surface area contributed by atoms with Crippen LogP contribution in [0.2, 0.25) is 0 Å². The number of fused-ring (bicyclic) bond motifs is 1. The van der Waals surface area contributed by atoms with Gasteiger partial charge in [0.15, 0.2) is 0 Å². The van der Waals surface area contributed by atoms with Crippen molar-refractivity contribution in [1.29, 1.82) is 0 Å². The number of benzene rings is 1. The second-order valence-electron chi connectivity index (χ2n) is 3.94.